The molecule has 0 aromatic heterocycles. The Morgan fingerprint density at radius 1 is 1.12 bits per heavy atom. The van der Waals surface area contributed by atoms with E-state index in [0.717, 1.165) is 25.3 Å². The monoisotopic (exact) mass is 259 g/mol. The van der Waals surface area contributed by atoms with Crippen molar-refractivity contribution in [2.75, 3.05) is 38.3 Å². The topological polar surface area (TPSA) is 21.3 Å². The van der Waals surface area contributed by atoms with Crippen LogP contribution in [0.4, 0.5) is 13.2 Å². The molecule has 0 atom stereocenters. The van der Waals surface area contributed by atoms with Crippen LogP contribution in [0, 0.1) is 0 Å². The van der Waals surface area contributed by atoms with Crippen LogP contribution in [0.25, 0.3) is 0 Å². The molecule has 1 N–H and O–H groups in total. The second-order valence-corrected chi connectivity index (χ2v) is 4.46. The van der Waals surface area contributed by atoms with Crippen molar-refractivity contribution in [2.24, 2.45) is 0 Å². The molecular formula is C10H20F3NOS. The summed E-state index contributed by atoms with van der Waals surface area (Å²) in [5.41, 5.74) is 0. The number of rotatable bonds is 10. The third-order valence-corrected chi connectivity index (χ3v) is 2.56. The zero-order valence-electron chi connectivity index (χ0n) is 9.61. The lowest BCUT2D eigenvalue weighted by atomic mass is 10.3. The standard InChI is InChI=1S/C10H20F3NOS/c1-16-8-3-2-5-14-6-4-7-15-9-10(11,12)13/h14H,2-9H2,1H3. The maximum Gasteiger partial charge on any atom is 0.411 e. The second-order valence-electron chi connectivity index (χ2n) is 3.47. The Bertz CT molecular complexity index is 155. The maximum atomic E-state index is 11.7. The number of halogens is 3. The first-order valence-corrected chi connectivity index (χ1v) is 6.80. The van der Waals surface area contributed by atoms with Crippen LogP contribution in [0.15, 0.2) is 0 Å². The lowest BCUT2D eigenvalue weighted by Crippen LogP contribution is -2.21. The van der Waals surface area contributed by atoms with Crippen molar-refractivity contribution in [3.63, 3.8) is 0 Å². The molecule has 6 heteroatoms. The highest BCUT2D eigenvalue weighted by Crippen LogP contribution is 2.14. The van der Waals surface area contributed by atoms with Gasteiger partial charge in [0.15, 0.2) is 0 Å². The predicted octanol–water partition coefficient (Wildman–Crippen LogP) is 2.69. The highest BCUT2D eigenvalue weighted by atomic mass is 32.2. The maximum absolute atomic E-state index is 11.7. The quantitative estimate of drug-likeness (QED) is 0.609. The van der Waals surface area contributed by atoms with Crippen molar-refractivity contribution in [3.8, 4) is 0 Å². The Kier molecular flexibility index (Phi) is 10.3. The van der Waals surface area contributed by atoms with Gasteiger partial charge in [0.1, 0.15) is 6.61 Å². The van der Waals surface area contributed by atoms with Crippen LogP contribution in [0.1, 0.15) is 19.3 Å². The summed E-state index contributed by atoms with van der Waals surface area (Å²) in [5.74, 6) is 1.16. The van der Waals surface area contributed by atoms with Crippen molar-refractivity contribution in [1.82, 2.24) is 5.32 Å². The molecule has 0 aromatic carbocycles. The molecule has 98 valence electrons. The van der Waals surface area contributed by atoms with E-state index < -0.39 is 12.8 Å². The summed E-state index contributed by atoms with van der Waals surface area (Å²) in [6, 6.07) is 0. The minimum atomic E-state index is -4.20. The smallest absolute Gasteiger partial charge is 0.372 e. The van der Waals surface area contributed by atoms with E-state index in [2.05, 4.69) is 16.3 Å². The van der Waals surface area contributed by atoms with Gasteiger partial charge < -0.3 is 10.1 Å². The lowest BCUT2D eigenvalue weighted by molar-refractivity contribution is -0.173. The first-order chi connectivity index (χ1) is 7.56. The first-order valence-electron chi connectivity index (χ1n) is 5.40. The number of unbranched alkanes of at least 4 members (excludes halogenated alkanes) is 1. The van der Waals surface area contributed by atoms with E-state index in [1.54, 1.807) is 0 Å². The molecule has 0 fully saturated rings. The van der Waals surface area contributed by atoms with Crippen molar-refractivity contribution in [2.45, 2.75) is 25.4 Å². The third-order valence-electron chi connectivity index (χ3n) is 1.86. The van der Waals surface area contributed by atoms with Gasteiger partial charge in [0.2, 0.25) is 0 Å². The third kappa shape index (κ3) is 14.1. The molecule has 0 bridgehead atoms. The van der Waals surface area contributed by atoms with E-state index in [4.69, 9.17) is 0 Å². The largest absolute Gasteiger partial charge is 0.411 e. The summed E-state index contributed by atoms with van der Waals surface area (Å²) in [5, 5.41) is 3.17. The number of thioether (sulfide) groups is 1. The van der Waals surface area contributed by atoms with Crippen LogP contribution in [-0.4, -0.2) is 44.5 Å². The van der Waals surface area contributed by atoms with Crippen molar-refractivity contribution < 1.29 is 17.9 Å². The Morgan fingerprint density at radius 2 is 1.81 bits per heavy atom. The summed E-state index contributed by atoms with van der Waals surface area (Å²) < 4.78 is 39.5. The molecule has 16 heavy (non-hydrogen) atoms. The number of ether oxygens (including phenoxy) is 1. The Balaban J connectivity index is 2.99. The van der Waals surface area contributed by atoms with Gasteiger partial charge in [0, 0.05) is 6.61 Å². The summed E-state index contributed by atoms with van der Waals surface area (Å²) in [4.78, 5) is 0. The van der Waals surface area contributed by atoms with E-state index in [1.807, 2.05) is 11.8 Å². The van der Waals surface area contributed by atoms with E-state index in [9.17, 15) is 13.2 Å². The molecule has 0 saturated heterocycles. The minimum Gasteiger partial charge on any atom is -0.372 e. The Hall–Kier alpha value is 0.0600. The summed E-state index contributed by atoms with van der Waals surface area (Å²) >= 11 is 1.82. The van der Waals surface area contributed by atoms with Crippen molar-refractivity contribution >= 4 is 11.8 Å². The zero-order chi connectivity index (χ0) is 12.3. The fraction of sp³-hybridized carbons (Fsp3) is 1.00. The average molecular weight is 259 g/mol. The number of nitrogens with one attached hydrogen (secondary N) is 1. The molecule has 0 amide bonds. The zero-order valence-corrected chi connectivity index (χ0v) is 10.4. The average Bonchev–Trinajstić information content (AvgIpc) is 2.19. The Morgan fingerprint density at radius 3 is 2.44 bits per heavy atom. The van der Waals surface area contributed by atoms with Crippen molar-refractivity contribution in [3.05, 3.63) is 0 Å². The number of hydrogen-bond donors (Lipinski definition) is 1. The van der Waals surface area contributed by atoms with Crippen LogP contribution in [-0.2, 0) is 4.74 Å². The van der Waals surface area contributed by atoms with Gasteiger partial charge in [-0.15, -0.1) is 0 Å². The molecule has 0 aliphatic heterocycles. The molecule has 0 aromatic rings. The molecule has 2 nitrogen and oxygen atoms in total. The summed E-state index contributed by atoms with van der Waals surface area (Å²) in [7, 11) is 0. The molecule has 0 heterocycles. The molecule has 0 aliphatic rings. The fourth-order valence-corrected chi connectivity index (χ4v) is 1.60. The van der Waals surface area contributed by atoms with Crippen LogP contribution in [0.3, 0.4) is 0 Å². The summed E-state index contributed by atoms with van der Waals surface area (Å²) in [6.07, 6.45) is 0.790. The van der Waals surface area contributed by atoms with E-state index in [-0.39, 0.29) is 6.61 Å². The highest BCUT2D eigenvalue weighted by molar-refractivity contribution is 7.98. The van der Waals surface area contributed by atoms with E-state index >= 15 is 0 Å². The minimum absolute atomic E-state index is 0.164. The van der Waals surface area contributed by atoms with Gasteiger partial charge in [-0.3, -0.25) is 0 Å². The SMILES string of the molecule is CSCCCCNCCCOCC(F)(F)F. The van der Waals surface area contributed by atoms with E-state index in [0.29, 0.717) is 6.42 Å². The molecule has 0 rings (SSSR count). The predicted molar refractivity (Wildman–Crippen MR) is 62.0 cm³/mol. The number of hydrogen-bond acceptors (Lipinski definition) is 3. The van der Waals surface area contributed by atoms with Gasteiger partial charge in [0.05, 0.1) is 0 Å². The summed E-state index contributed by atoms with van der Waals surface area (Å²) in [6.45, 7) is 0.676. The molecule has 0 saturated carbocycles. The van der Waals surface area contributed by atoms with Gasteiger partial charge >= 0.3 is 6.18 Å². The van der Waals surface area contributed by atoms with E-state index in [1.165, 1.54) is 6.42 Å². The van der Waals surface area contributed by atoms with Gasteiger partial charge in [0.25, 0.3) is 0 Å². The lowest BCUT2D eigenvalue weighted by Gasteiger charge is -2.08. The van der Waals surface area contributed by atoms with Gasteiger partial charge in [-0.05, 0) is 44.4 Å². The van der Waals surface area contributed by atoms with Crippen LogP contribution >= 0.6 is 11.8 Å². The first kappa shape index (κ1) is 16.1. The van der Waals surface area contributed by atoms with Crippen molar-refractivity contribution in [1.29, 1.82) is 0 Å². The molecule has 0 radical (unpaired) electrons. The van der Waals surface area contributed by atoms with Gasteiger partial charge in [-0.1, -0.05) is 0 Å². The highest BCUT2D eigenvalue weighted by Gasteiger charge is 2.26. The van der Waals surface area contributed by atoms with Crippen LogP contribution < -0.4 is 5.32 Å². The Labute approximate surface area is 99.3 Å². The van der Waals surface area contributed by atoms with Gasteiger partial charge in [-0.25, -0.2) is 0 Å². The van der Waals surface area contributed by atoms with Crippen LogP contribution in [0.5, 0.6) is 0 Å². The second kappa shape index (κ2) is 10.2. The molecular weight excluding hydrogens is 239 g/mol. The number of alkyl halides is 3. The molecule has 0 unspecified atom stereocenters. The molecule has 0 spiro atoms. The molecule has 0 aliphatic carbocycles. The normalized spacial score (nSPS) is 12.0. The fourth-order valence-electron chi connectivity index (χ4n) is 1.11. The van der Waals surface area contributed by atoms with Gasteiger partial charge in [-0.2, -0.15) is 24.9 Å². The van der Waals surface area contributed by atoms with Crippen LogP contribution in [0.2, 0.25) is 0 Å².